The molecule has 0 heterocycles. The highest BCUT2D eigenvalue weighted by atomic mass is 16.5. The van der Waals surface area contributed by atoms with Crippen molar-refractivity contribution in [2.75, 3.05) is 26.7 Å². The Balaban J connectivity index is 4.43. The first kappa shape index (κ1) is 17.2. The van der Waals surface area contributed by atoms with Gasteiger partial charge in [0.2, 0.25) is 0 Å². The zero-order valence-electron chi connectivity index (χ0n) is 12.7. The SMILES string of the molecule is CCC(=CCN(CC)CC(CC)CC)C(=O)OC. The Morgan fingerprint density at radius 3 is 2.22 bits per heavy atom. The fourth-order valence-corrected chi connectivity index (χ4v) is 1.99. The Morgan fingerprint density at radius 1 is 1.22 bits per heavy atom. The minimum atomic E-state index is -0.198. The van der Waals surface area contributed by atoms with Gasteiger partial charge >= 0.3 is 5.97 Å². The van der Waals surface area contributed by atoms with E-state index in [1.165, 1.54) is 20.0 Å². The second kappa shape index (κ2) is 10.1. The van der Waals surface area contributed by atoms with E-state index in [0.29, 0.717) is 0 Å². The van der Waals surface area contributed by atoms with Crippen molar-refractivity contribution in [2.24, 2.45) is 5.92 Å². The molecule has 0 saturated carbocycles. The van der Waals surface area contributed by atoms with E-state index in [0.717, 1.165) is 37.5 Å². The lowest BCUT2D eigenvalue weighted by Crippen LogP contribution is -2.29. The first-order valence-corrected chi connectivity index (χ1v) is 7.12. The van der Waals surface area contributed by atoms with Crippen molar-refractivity contribution < 1.29 is 9.53 Å². The Kier molecular flexibility index (Phi) is 9.66. The molecule has 0 bridgehead atoms. The van der Waals surface area contributed by atoms with Crippen LogP contribution >= 0.6 is 0 Å². The van der Waals surface area contributed by atoms with Gasteiger partial charge in [-0.1, -0.05) is 46.6 Å². The molecular formula is C15H29NO2. The van der Waals surface area contributed by atoms with Gasteiger partial charge in [0.1, 0.15) is 0 Å². The van der Waals surface area contributed by atoms with Gasteiger partial charge in [-0.25, -0.2) is 4.79 Å². The summed E-state index contributed by atoms with van der Waals surface area (Å²) in [7, 11) is 1.44. The molecule has 18 heavy (non-hydrogen) atoms. The molecule has 0 rings (SSSR count). The van der Waals surface area contributed by atoms with Crippen LogP contribution in [0.25, 0.3) is 0 Å². The summed E-state index contributed by atoms with van der Waals surface area (Å²) < 4.78 is 4.77. The number of hydrogen-bond acceptors (Lipinski definition) is 3. The van der Waals surface area contributed by atoms with E-state index in [1.54, 1.807) is 0 Å². The van der Waals surface area contributed by atoms with E-state index in [2.05, 4.69) is 25.7 Å². The van der Waals surface area contributed by atoms with E-state index >= 15 is 0 Å². The van der Waals surface area contributed by atoms with Gasteiger partial charge in [-0.3, -0.25) is 4.90 Å². The number of carbonyl (C=O) groups is 1. The number of likely N-dealkylation sites (N-methyl/N-ethyl adjacent to an activating group) is 1. The molecular weight excluding hydrogens is 226 g/mol. The highest BCUT2D eigenvalue weighted by molar-refractivity contribution is 5.88. The largest absolute Gasteiger partial charge is 0.466 e. The van der Waals surface area contributed by atoms with E-state index in [9.17, 15) is 4.79 Å². The first-order valence-electron chi connectivity index (χ1n) is 7.12. The number of rotatable bonds is 9. The summed E-state index contributed by atoms with van der Waals surface area (Å²) in [5.41, 5.74) is 0.778. The Hall–Kier alpha value is -0.830. The maximum Gasteiger partial charge on any atom is 0.333 e. The van der Waals surface area contributed by atoms with Crippen LogP contribution in [0.5, 0.6) is 0 Å². The highest BCUT2D eigenvalue weighted by Gasteiger charge is 2.11. The molecule has 0 aromatic carbocycles. The Morgan fingerprint density at radius 2 is 1.83 bits per heavy atom. The van der Waals surface area contributed by atoms with Gasteiger partial charge in [0, 0.05) is 18.7 Å². The number of carbonyl (C=O) groups excluding carboxylic acids is 1. The van der Waals surface area contributed by atoms with Crippen LogP contribution in [0.4, 0.5) is 0 Å². The fourth-order valence-electron chi connectivity index (χ4n) is 1.99. The first-order chi connectivity index (χ1) is 8.62. The highest BCUT2D eigenvalue weighted by Crippen LogP contribution is 2.10. The summed E-state index contributed by atoms with van der Waals surface area (Å²) in [4.78, 5) is 13.9. The van der Waals surface area contributed by atoms with Gasteiger partial charge in [-0.05, 0) is 18.9 Å². The van der Waals surface area contributed by atoms with Gasteiger partial charge in [0.25, 0.3) is 0 Å². The molecule has 3 heteroatoms. The third-order valence-corrected chi connectivity index (χ3v) is 3.54. The summed E-state index contributed by atoms with van der Waals surface area (Å²) in [6, 6.07) is 0. The van der Waals surface area contributed by atoms with Crippen LogP contribution in [0.1, 0.15) is 47.0 Å². The molecule has 106 valence electrons. The number of hydrogen-bond donors (Lipinski definition) is 0. The average molecular weight is 255 g/mol. The average Bonchev–Trinajstić information content (AvgIpc) is 2.42. The zero-order chi connectivity index (χ0) is 14.0. The van der Waals surface area contributed by atoms with Crippen molar-refractivity contribution >= 4 is 5.97 Å². The standard InChI is InChI=1S/C15H29NO2/c1-6-13(7-2)12-16(9-4)11-10-14(8-3)15(17)18-5/h10,13H,6-9,11-12H2,1-5H3. The quantitative estimate of drug-likeness (QED) is 0.468. The molecule has 0 aliphatic carbocycles. The van der Waals surface area contributed by atoms with Crippen molar-refractivity contribution in [1.82, 2.24) is 4.90 Å². The van der Waals surface area contributed by atoms with E-state index in [1.807, 2.05) is 13.0 Å². The second-order valence-electron chi connectivity index (χ2n) is 4.61. The summed E-state index contributed by atoms with van der Waals surface area (Å²) in [6.45, 7) is 11.6. The lowest BCUT2D eigenvalue weighted by Gasteiger charge is -2.24. The normalized spacial score (nSPS) is 12.3. The van der Waals surface area contributed by atoms with Crippen LogP contribution in [-0.4, -0.2) is 37.6 Å². The van der Waals surface area contributed by atoms with E-state index < -0.39 is 0 Å². The number of nitrogens with zero attached hydrogens (tertiary/aromatic N) is 1. The summed E-state index contributed by atoms with van der Waals surface area (Å²) >= 11 is 0. The smallest absolute Gasteiger partial charge is 0.333 e. The van der Waals surface area contributed by atoms with Crippen molar-refractivity contribution in [3.05, 3.63) is 11.6 Å². The predicted molar refractivity (Wildman–Crippen MR) is 76.6 cm³/mol. The molecule has 0 N–H and O–H groups in total. The lowest BCUT2D eigenvalue weighted by atomic mass is 10.0. The third-order valence-electron chi connectivity index (χ3n) is 3.54. The number of methoxy groups -OCH3 is 1. The molecule has 0 aliphatic heterocycles. The Bertz CT molecular complexity index is 257. The van der Waals surface area contributed by atoms with Crippen molar-refractivity contribution in [1.29, 1.82) is 0 Å². The zero-order valence-corrected chi connectivity index (χ0v) is 12.7. The summed E-state index contributed by atoms with van der Waals surface area (Å²) in [5.74, 6) is 0.553. The topological polar surface area (TPSA) is 29.5 Å². The molecule has 0 radical (unpaired) electrons. The van der Waals surface area contributed by atoms with Gasteiger partial charge in [0.05, 0.1) is 7.11 Å². The molecule has 0 aromatic heterocycles. The lowest BCUT2D eigenvalue weighted by molar-refractivity contribution is -0.136. The van der Waals surface area contributed by atoms with Crippen LogP contribution in [-0.2, 0) is 9.53 Å². The van der Waals surface area contributed by atoms with Crippen molar-refractivity contribution in [3.8, 4) is 0 Å². The van der Waals surface area contributed by atoms with Gasteiger partial charge in [-0.15, -0.1) is 0 Å². The van der Waals surface area contributed by atoms with Crippen LogP contribution in [0, 0.1) is 5.92 Å². The fraction of sp³-hybridized carbons (Fsp3) is 0.800. The van der Waals surface area contributed by atoms with Gasteiger partial charge < -0.3 is 4.74 Å². The van der Waals surface area contributed by atoms with Gasteiger partial charge in [0.15, 0.2) is 0 Å². The van der Waals surface area contributed by atoms with Crippen LogP contribution < -0.4 is 0 Å². The molecule has 0 spiro atoms. The predicted octanol–water partition coefficient (Wildman–Crippen LogP) is 3.25. The third kappa shape index (κ3) is 6.20. The van der Waals surface area contributed by atoms with E-state index in [4.69, 9.17) is 4.74 Å². The molecule has 0 saturated heterocycles. The van der Waals surface area contributed by atoms with E-state index in [-0.39, 0.29) is 5.97 Å². The summed E-state index contributed by atoms with van der Waals surface area (Å²) in [6.07, 6.45) is 5.18. The molecule has 0 atom stereocenters. The molecule has 0 fully saturated rings. The molecule has 0 amide bonds. The molecule has 0 unspecified atom stereocenters. The number of esters is 1. The molecule has 0 aliphatic rings. The minimum absolute atomic E-state index is 0.198. The van der Waals surface area contributed by atoms with Crippen LogP contribution in [0.2, 0.25) is 0 Å². The van der Waals surface area contributed by atoms with Gasteiger partial charge in [-0.2, -0.15) is 0 Å². The Labute approximate surface area is 112 Å². The minimum Gasteiger partial charge on any atom is -0.466 e. The molecule has 3 nitrogen and oxygen atoms in total. The maximum absolute atomic E-state index is 11.5. The maximum atomic E-state index is 11.5. The van der Waals surface area contributed by atoms with Crippen molar-refractivity contribution in [2.45, 2.75) is 47.0 Å². The monoisotopic (exact) mass is 255 g/mol. The van der Waals surface area contributed by atoms with Crippen LogP contribution in [0.3, 0.4) is 0 Å². The second-order valence-corrected chi connectivity index (χ2v) is 4.61. The molecule has 0 aromatic rings. The number of ether oxygens (including phenoxy) is 1. The van der Waals surface area contributed by atoms with Crippen LogP contribution in [0.15, 0.2) is 11.6 Å². The van der Waals surface area contributed by atoms with Crippen molar-refractivity contribution in [3.63, 3.8) is 0 Å². The summed E-state index contributed by atoms with van der Waals surface area (Å²) in [5, 5.41) is 0.